The molecule has 0 bridgehead atoms. The van der Waals surface area contributed by atoms with Crippen molar-refractivity contribution in [2.24, 2.45) is 13.0 Å². The highest BCUT2D eigenvalue weighted by atomic mass is 15.3. The standard InChI is InChI=1S/C13H19N5/c1-8-11(6-17(3)15-8)13-12(14)7-18(16-13)9(2)10-4-5-10/h6-7,9-10H,4-5,14H2,1-3H3. The van der Waals surface area contributed by atoms with Crippen molar-refractivity contribution in [1.29, 1.82) is 0 Å². The van der Waals surface area contributed by atoms with Crippen LogP contribution in [-0.2, 0) is 7.05 Å². The molecule has 0 aliphatic heterocycles. The van der Waals surface area contributed by atoms with Gasteiger partial charge in [-0.1, -0.05) is 0 Å². The Bertz CT molecular complexity index is 576. The maximum atomic E-state index is 6.09. The number of aryl methyl sites for hydroxylation is 2. The summed E-state index contributed by atoms with van der Waals surface area (Å²) in [6.45, 7) is 4.20. The van der Waals surface area contributed by atoms with Gasteiger partial charge in [-0.05, 0) is 32.6 Å². The lowest BCUT2D eigenvalue weighted by Gasteiger charge is -2.09. The van der Waals surface area contributed by atoms with Gasteiger partial charge in [0.25, 0.3) is 0 Å². The summed E-state index contributed by atoms with van der Waals surface area (Å²) < 4.78 is 3.81. The maximum absolute atomic E-state index is 6.09. The zero-order chi connectivity index (χ0) is 12.9. The monoisotopic (exact) mass is 245 g/mol. The molecule has 2 aromatic heterocycles. The Kier molecular flexibility index (Phi) is 2.43. The van der Waals surface area contributed by atoms with E-state index in [0.717, 1.165) is 28.6 Å². The van der Waals surface area contributed by atoms with Gasteiger partial charge >= 0.3 is 0 Å². The SMILES string of the molecule is Cc1nn(C)cc1-c1nn(C(C)C2CC2)cc1N. The molecule has 1 fully saturated rings. The predicted octanol–water partition coefficient (Wildman–Crippen LogP) is 2.15. The third-order valence-corrected chi connectivity index (χ3v) is 3.75. The van der Waals surface area contributed by atoms with Gasteiger partial charge in [0.15, 0.2) is 0 Å². The Labute approximate surface area is 107 Å². The molecule has 0 spiro atoms. The summed E-state index contributed by atoms with van der Waals surface area (Å²) in [6, 6.07) is 0.443. The Hall–Kier alpha value is -1.78. The molecular weight excluding hydrogens is 226 g/mol. The van der Waals surface area contributed by atoms with E-state index in [9.17, 15) is 0 Å². The fraction of sp³-hybridized carbons (Fsp3) is 0.538. The third-order valence-electron chi connectivity index (χ3n) is 3.75. The Morgan fingerprint density at radius 2 is 2.06 bits per heavy atom. The van der Waals surface area contributed by atoms with Crippen molar-refractivity contribution >= 4 is 5.69 Å². The van der Waals surface area contributed by atoms with E-state index in [1.165, 1.54) is 12.8 Å². The molecular formula is C13H19N5. The van der Waals surface area contributed by atoms with Crippen LogP contribution in [0, 0.1) is 12.8 Å². The molecule has 1 atom stereocenters. The maximum Gasteiger partial charge on any atom is 0.119 e. The normalized spacial score (nSPS) is 17.1. The first-order chi connectivity index (χ1) is 8.56. The fourth-order valence-corrected chi connectivity index (χ4v) is 2.45. The molecule has 1 saturated carbocycles. The number of anilines is 1. The highest BCUT2D eigenvalue weighted by Crippen LogP contribution is 2.40. The van der Waals surface area contributed by atoms with Crippen molar-refractivity contribution in [3.8, 4) is 11.3 Å². The summed E-state index contributed by atoms with van der Waals surface area (Å²) in [4.78, 5) is 0. The van der Waals surface area contributed by atoms with Crippen LogP contribution in [0.1, 0.15) is 31.5 Å². The molecule has 1 unspecified atom stereocenters. The van der Waals surface area contributed by atoms with Gasteiger partial charge in [0.2, 0.25) is 0 Å². The van der Waals surface area contributed by atoms with Gasteiger partial charge in [-0.25, -0.2) is 0 Å². The quantitative estimate of drug-likeness (QED) is 0.901. The summed E-state index contributed by atoms with van der Waals surface area (Å²) >= 11 is 0. The molecule has 2 N–H and O–H groups in total. The molecule has 5 heteroatoms. The largest absolute Gasteiger partial charge is 0.396 e. The van der Waals surface area contributed by atoms with E-state index in [1.807, 2.05) is 31.0 Å². The zero-order valence-electron chi connectivity index (χ0n) is 11.1. The van der Waals surface area contributed by atoms with Crippen LogP contribution in [0.15, 0.2) is 12.4 Å². The molecule has 0 aromatic carbocycles. The number of hydrogen-bond acceptors (Lipinski definition) is 3. The third kappa shape index (κ3) is 1.79. The van der Waals surface area contributed by atoms with Crippen molar-refractivity contribution in [2.75, 3.05) is 5.73 Å². The highest BCUT2D eigenvalue weighted by molar-refractivity contribution is 5.73. The lowest BCUT2D eigenvalue weighted by molar-refractivity contribution is 0.441. The molecule has 0 radical (unpaired) electrons. The number of nitrogens with two attached hydrogens (primary N) is 1. The average molecular weight is 245 g/mol. The second-order valence-electron chi connectivity index (χ2n) is 5.29. The van der Waals surface area contributed by atoms with E-state index < -0.39 is 0 Å². The summed E-state index contributed by atoms with van der Waals surface area (Å²) in [5.74, 6) is 0.771. The summed E-state index contributed by atoms with van der Waals surface area (Å²) in [6.07, 6.45) is 6.54. The van der Waals surface area contributed by atoms with Gasteiger partial charge < -0.3 is 5.73 Å². The van der Waals surface area contributed by atoms with Crippen LogP contribution < -0.4 is 5.73 Å². The Balaban J connectivity index is 1.99. The van der Waals surface area contributed by atoms with E-state index in [1.54, 1.807) is 4.68 Å². The van der Waals surface area contributed by atoms with Crippen LogP contribution in [0.5, 0.6) is 0 Å². The molecule has 18 heavy (non-hydrogen) atoms. The molecule has 2 heterocycles. The van der Waals surface area contributed by atoms with Crippen LogP contribution in [-0.4, -0.2) is 19.6 Å². The van der Waals surface area contributed by atoms with Crippen LogP contribution in [0.4, 0.5) is 5.69 Å². The van der Waals surface area contributed by atoms with E-state index in [-0.39, 0.29) is 0 Å². The van der Waals surface area contributed by atoms with Crippen molar-refractivity contribution in [3.05, 3.63) is 18.1 Å². The molecule has 5 nitrogen and oxygen atoms in total. The molecule has 3 rings (SSSR count). The minimum absolute atomic E-state index is 0.443. The average Bonchev–Trinajstić information content (AvgIpc) is 3.01. The second kappa shape index (κ2) is 3.86. The number of nitrogens with zero attached hydrogens (tertiary/aromatic N) is 4. The molecule has 0 saturated heterocycles. The minimum atomic E-state index is 0.443. The topological polar surface area (TPSA) is 61.7 Å². The smallest absolute Gasteiger partial charge is 0.119 e. The lowest BCUT2D eigenvalue weighted by Crippen LogP contribution is -2.07. The van der Waals surface area contributed by atoms with E-state index in [0.29, 0.717) is 6.04 Å². The van der Waals surface area contributed by atoms with Gasteiger partial charge in [0.1, 0.15) is 5.69 Å². The molecule has 1 aliphatic rings. The molecule has 96 valence electrons. The predicted molar refractivity (Wildman–Crippen MR) is 71.0 cm³/mol. The van der Waals surface area contributed by atoms with Crippen LogP contribution in [0.3, 0.4) is 0 Å². The number of hydrogen-bond donors (Lipinski definition) is 1. The van der Waals surface area contributed by atoms with Gasteiger partial charge in [0, 0.05) is 25.0 Å². The van der Waals surface area contributed by atoms with Gasteiger partial charge in [-0.2, -0.15) is 10.2 Å². The molecule has 1 aliphatic carbocycles. The van der Waals surface area contributed by atoms with E-state index in [2.05, 4.69) is 17.1 Å². The van der Waals surface area contributed by atoms with Crippen molar-refractivity contribution in [2.45, 2.75) is 32.7 Å². The van der Waals surface area contributed by atoms with Crippen LogP contribution in [0.25, 0.3) is 11.3 Å². The second-order valence-corrected chi connectivity index (χ2v) is 5.29. The first kappa shape index (κ1) is 11.3. The van der Waals surface area contributed by atoms with Crippen molar-refractivity contribution in [3.63, 3.8) is 0 Å². The Morgan fingerprint density at radius 3 is 2.61 bits per heavy atom. The van der Waals surface area contributed by atoms with Gasteiger partial charge in [-0.3, -0.25) is 9.36 Å². The lowest BCUT2D eigenvalue weighted by atomic mass is 10.2. The first-order valence-electron chi connectivity index (χ1n) is 6.41. The minimum Gasteiger partial charge on any atom is -0.396 e. The van der Waals surface area contributed by atoms with Crippen molar-refractivity contribution < 1.29 is 0 Å². The first-order valence-corrected chi connectivity index (χ1v) is 6.41. The van der Waals surface area contributed by atoms with Gasteiger partial charge in [0.05, 0.1) is 17.4 Å². The summed E-state index contributed by atoms with van der Waals surface area (Å²) in [7, 11) is 1.91. The highest BCUT2D eigenvalue weighted by Gasteiger charge is 2.30. The molecule has 0 amide bonds. The van der Waals surface area contributed by atoms with Crippen LogP contribution in [0.2, 0.25) is 0 Å². The Morgan fingerprint density at radius 1 is 1.33 bits per heavy atom. The van der Waals surface area contributed by atoms with E-state index in [4.69, 9.17) is 5.73 Å². The number of nitrogen functional groups attached to an aromatic ring is 1. The zero-order valence-corrected chi connectivity index (χ0v) is 11.1. The molecule has 2 aromatic rings. The summed E-state index contributed by atoms with van der Waals surface area (Å²) in [5, 5.41) is 9.00. The van der Waals surface area contributed by atoms with Crippen molar-refractivity contribution in [1.82, 2.24) is 19.6 Å². The van der Waals surface area contributed by atoms with Crippen LogP contribution >= 0.6 is 0 Å². The van der Waals surface area contributed by atoms with E-state index >= 15 is 0 Å². The summed E-state index contributed by atoms with van der Waals surface area (Å²) in [5.41, 5.74) is 9.67. The number of aromatic nitrogens is 4. The van der Waals surface area contributed by atoms with Gasteiger partial charge in [-0.15, -0.1) is 0 Å². The fourth-order valence-electron chi connectivity index (χ4n) is 2.45. The number of rotatable bonds is 3.